The molecule has 0 aliphatic carbocycles. The first kappa shape index (κ1) is 22.9. The van der Waals surface area contributed by atoms with E-state index in [1.165, 1.54) is 51.4 Å². The third kappa shape index (κ3) is 8.26. The van der Waals surface area contributed by atoms with Crippen molar-refractivity contribution in [2.24, 2.45) is 0 Å². The molecule has 0 spiro atoms. The van der Waals surface area contributed by atoms with Crippen LogP contribution in [0.2, 0.25) is 0 Å². The van der Waals surface area contributed by atoms with Gasteiger partial charge in [-0.3, -0.25) is 4.68 Å². The Bertz CT molecular complexity index is 721. The fourth-order valence-corrected chi connectivity index (χ4v) is 3.45. The van der Waals surface area contributed by atoms with Gasteiger partial charge < -0.3 is 4.74 Å². The summed E-state index contributed by atoms with van der Waals surface area (Å²) in [5, 5.41) is 4.42. The van der Waals surface area contributed by atoms with E-state index in [4.69, 9.17) is 4.74 Å². The van der Waals surface area contributed by atoms with Crippen LogP contribution in [0.15, 0.2) is 48.8 Å². The van der Waals surface area contributed by atoms with Gasteiger partial charge in [0.1, 0.15) is 0 Å². The lowest BCUT2D eigenvalue weighted by molar-refractivity contribution is -0.146. The van der Waals surface area contributed by atoms with Crippen LogP contribution in [0.5, 0.6) is 0 Å². The molecule has 1 aromatic carbocycles. The Morgan fingerprint density at radius 3 is 2.41 bits per heavy atom. The summed E-state index contributed by atoms with van der Waals surface area (Å²) >= 11 is 0. The number of hydrogen-bond acceptors (Lipinski definition) is 3. The third-order valence-corrected chi connectivity index (χ3v) is 5.05. The molecule has 0 aliphatic heterocycles. The maximum Gasteiger partial charge on any atom is 0.335 e. The minimum absolute atomic E-state index is 0.281. The summed E-state index contributed by atoms with van der Waals surface area (Å²) in [5.41, 5.74) is 1.89. The molecule has 2 rings (SSSR count). The minimum Gasteiger partial charge on any atom is -0.464 e. The molecule has 0 saturated heterocycles. The molecule has 1 aromatic heterocycles. The number of rotatable bonds is 14. The second-order valence-corrected chi connectivity index (χ2v) is 7.48. The van der Waals surface area contributed by atoms with E-state index < -0.39 is 6.04 Å². The average molecular weight is 397 g/mol. The fraction of sp³-hybridized carbons (Fsp3) is 0.520. The smallest absolute Gasteiger partial charge is 0.335 e. The monoisotopic (exact) mass is 396 g/mol. The van der Waals surface area contributed by atoms with E-state index in [-0.39, 0.29) is 5.97 Å². The molecule has 0 amide bonds. The molecule has 0 saturated carbocycles. The van der Waals surface area contributed by atoms with E-state index in [0.717, 1.165) is 17.5 Å². The maximum absolute atomic E-state index is 12.5. The highest BCUT2D eigenvalue weighted by Gasteiger charge is 2.24. The lowest BCUT2D eigenvalue weighted by Gasteiger charge is -2.16. The number of carbonyl (C=O) groups excluding carboxylic acids is 1. The van der Waals surface area contributed by atoms with Gasteiger partial charge in [0, 0.05) is 11.8 Å². The van der Waals surface area contributed by atoms with E-state index in [9.17, 15) is 4.79 Å². The summed E-state index contributed by atoms with van der Waals surface area (Å²) in [5.74, 6) is -0.281. The second kappa shape index (κ2) is 13.8. The van der Waals surface area contributed by atoms with Gasteiger partial charge in [0.25, 0.3) is 0 Å². The summed E-state index contributed by atoms with van der Waals surface area (Å²) in [6.45, 7) is 4.44. The number of hydrogen-bond donors (Lipinski definition) is 0. The molecular formula is C25H36N2O2. The zero-order chi connectivity index (χ0) is 20.7. The van der Waals surface area contributed by atoms with Gasteiger partial charge in [-0.1, -0.05) is 94.4 Å². The molecule has 1 unspecified atom stereocenters. The van der Waals surface area contributed by atoms with Crippen molar-refractivity contribution in [3.8, 4) is 0 Å². The van der Waals surface area contributed by atoms with Crippen LogP contribution >= 0.6 is 0 Å². The first-order valence-corrected chi connectivity index (χ1v) is 11.2. The molecule has 4 heteroatoms. The Kier molecular flexibility index (Phi) is 10.9. The van der Waals surface area contributed by atoms with Crippen LogP contribution < -0.4 is 0 Å². The normalized spacial score (nSPS) is 12.3. The van der Waals surface area contributed by atoms with Gasteiger partial charge in [-0.2, -0.15) is 5.10 Å². The van der Waals surface area contributed by atoms with Crippen molar-refractivity contribution in [1.29, 1.82) is 0 Å². The van der Waals surface area contributed by atoms with Crippen LogP contribution in [0.4, 0.5) is 0 Å². The molecule has 1 heterocycles. The van der Waals surface area contributed by atoms with Crippen molar-refractivity contribution in [2.45, 2.75) is 77.7 Å². The van der Waals surface area contributed by atoms with Crippen molar-refractivity contribution in [1.82, 2.24) is 9.78 Å². The Morgan fingerprint density at radius 2 is 1.72 bits per heavy atom. The predicted octanol–water partition coefficient (Wildman–Crippen LogP) is 6.58. The van der Waals surface area contributed by atoms with Crippen molar-refractivity contribution >= 4 is 12.0 Å². The lowest BCUT2D eigenvalue weighted by atomic mass is 10.1. The highest BCUT2D eigenvalue weighted by molar-refractivity contribution is 5.78. The molecule has 158 valence electrons. The van der Waals surface area contributed by atoms with Crippen LogP contribution in [0, 0.1) is 0 Å². The summed E-state index contributed by atoms with van der Waals surface area (Å²) in [4.78, 5) is 12.5. The van der Waals surface area contributed by atoms with E-state index in [1.807, 2.05) is 43.5 Å². The van der Waals surface area contributed by atoms with Gasteiger partial charge in [-0.15, -0.1) is 0 Å². The summed E-state index contributed by atoms with van der Waals surface area (Å²) in [7, 11) is 0. The number of unbranched alkanes of at least 4 members (excludes halogenated alkanes) is 8. The number of ether oxygens (including phenoxy) is 1. The van der Waals surface area contributed by atoms with E-state index >= 15 is 0 Å². The molecule has 0 fully saturated rings. The summed E-state index contributed by atoms with van der Waals surface area (Å²) < 4.78 is 6.97. The first-order chi connectivity index (χ1) is 14.3. The molecule has 0 N–H and O–H groups in total. The van der Waals surface area contributed by atoms with Crippen LogP contribution in [-0.4, -0.2) is 22.4 Å². The minimum atomic E-state index is -0.550. The largest absolute Gasteiger partial charge is 0.464 e. The number of carbonyl (C=O) groups is 1. The lowest BCUT2D eigenvalue weighted by Crippen LogP contribution is -2.23. The van der Waals surface area contributed by atoms with Crippen LogP contribution in [-0.2, 0) is 9.53 Å². The van der Waals surface area contributed by atoms with E-state index in [2.05, 4.69) is 24.2 Å². The number of esters is 1. The Balaban J connectivity index is 1.83. The number of nitrogens with zero attached hydrogens (tertiary/aromatic N) is 2. The van der Waals surface area contributed by atoms with E-state index in [1.54, 1.807) is 10.9 Å². The predicted molar refractivity (Wildman–Crippen MR) is 120 cm³/mol. The second-order valence-electron chi connectivity index (χ2n) is 7.48. The van der Waals surface area contributed by atoms with Crippen molar-refractivity contribution in [3.63, 3.8) is 0 Å². The number of aromatic nitrogens is 2. The van der Waals surface area contributed by atoms with Gasteiger partial charge >= 0.3 is 5.97 Å². The third-order valence-electron chi connectivity index (χ3n) is 5.05. The van der Waals surface area contributed by atoms with Crippen LogP contribution in [0.1, 0.15) is 88.8 Å². The molecule has 4 nitrogen and oxygen atoms in total. The standard InChI is InChI=1S/C25H36N2O2/c1-3-5-6-7-8-9-10-11-12-14-17-22-20-26-27(21-22)24(25(28)29-4-2)23-18-15-13-16-19-23/h13-21,24H,3-12H2,1-2H3/b17-14+. The van der Waals surface area contributed by atoms with Gasteiger partial charge in [-0.25, -0.2) is 4.79 Å². The molecule has 2 aromatic rings. The van der Waals surface area contributed by atoms with Crippen molar-refractivity contribution in [3.05, 3.63) is 59.9 Å². The molecule has 29 heavy (non-hydrogen) atoms. The van der Waals surface area contributed by atoms with Gasteiger partial charge in [0.2, 0.25) is 0 Å². The molecule has 0 radical (unpaired) electrons. The van der Waals surface area contributed by atoms with Crippen molar-refractivity contribution in [2.75, 3.05) is 6.61 Å². The highest BCUT2D eigenvalue weighted by Crippen LogP contribution is 2.20. The maximum atomic E-state index is 12.5. The van der Waals surface area contributed by atoms with Gasteiger partial charge in [-0.05, 0) is 25.3 Å². The van der Waals surface area contributed by atoms with Crippen LogP contribution in [0.3, 0.4) is 0 Å². The molecular weight excluding hydrogens is 360 g/mol. The summed E-state index contributed by atoms with van der Waals surface area (Å²) in [6, 6.07) is 9.10. The van der Waals surface area contributed by atoms with Crippen LogP contribution in [0.25, 0.3) is 6.08 Å². The zero-order valence-electron chi connectivity index (χ0n) is 18.1. The Labute approximate surface area is 176 Å². The first-order valence-electron chi connectivity index (χ1n) is 11.2. The quantitative estimate of drug-likeness (QED) is 0.268. The van der Waals surface area contributed by atoms with Gasteiger partial charge in [0.05, 0.1) is 12.8 Å². The number of benzene rings is 1. The van der Waals surface area contributed by atoms with Gasteiger partial charge in [0.15, 0.2) is 6.04 Å². The Hall–Kier alpha value is -2.36. The average Bonchev–Trinajstić information content (AvgIpc) is 3.19. The molecule has 0 bridgehead atoms. The summed E-state index contributed by atoms with van der Waals surface area (Å²) in [6.07, 6.45) is 19.8. The topological polar surface area (TPSA) is 44.1 Å². The molecule has 0 aliphatic rings. The number of allylic oxidation sites excluding steroid dienone is 1. The highest BCUT2D eigenvalue weighted by atomic mass is 16.5. The molecule has 1 atom stereocenters. The van der Waals surface area contributed by atoms with Crippen molar-refractivity contribution < 1.29 is 9.53 Å². The SMILES string of the molecule is CCCCCCCCCC/C=C/c1cnn(C(C(=O)OCC)c2ccccc2)c1. The zero-order valence-corrected chi connectivity index (χ0v) is 18.1. The Morgan fingerprint density at radius 1 is 1.03 bits per heavy atom. The van der Waals surface area contributed by atoms with E-state index in [0.29, 0.717) is 6.61 Å². The fourth-order valence-electron chi connectivity index (χ4n) is 3.45.